The summed E-state index contributed by atoms with van der Waals surface area (Å²) in [7, 11) is 0. The Labute approximate surface area is 115 Å². The van der Waals surface area contributed by atoms with Gasteiger partial charge in [-0.2, -0.15) is 0 Å². The lowest BCUT2D eigenvalue weighted by molar-refractivity contribution is 0.0588. The van der Waals surface area contributed by atoms with Crippen LogP contribution in [-0.2, 0) is 11.3 Å². The van der Waals surface area contributed by atoms with Crippen molar-refractivity contribution in [3.8, 4) is 12.3 Å². The number of carbonyl (C=O) groups excluding carboxylic acids is 1. The summed E-state index contributed by atoms with van der Waals surface area (Å²) in [5.74, 6) is 2.63. The molecule has 1 rings (SSSR count). The van der Waals surface area contributed by atoms with Gasteiger partial charge in [0.25, 0.3) is 0 Å². The van der Waals surface area contributed by atoms with Crippen LogP contribution in [0.1, 0.15) is 33.3 Å². The van der Waals surface area contributed by atoms with Gasteiger partial charge < -0.3 is 4.74 Å². The van der Waals surface area contributed by atoms with Crippen molar-refractivity contribution in [2.24, 2.45) is 0 Å². The van der Waals surface area contributed by atoms with Crippen LogP contribution >= 0.6 is 0 Å². The van der Waals surface area contributed by atoms with Crippen molar-refractivity contribution in [1.82, 2.24) is 4.90 Å². The normalized spacial score (nSPS) is 10.9. The molecule has 0 aromatic heterocycles. The lowest BCUT2D eigenvalue weighted by Gasteiger charge is -2.36. The third-order valence-electron chi connectivity index (χ3n) is 2.87. The van der Waals surface area contributed by atoms with E-state index < -0.39 is 5.54 Å². The number of benzene rings is 1. The summed E-state index contributed by atoms with van der Waals surface area (Å²) in [6.45, 7) is 7.75. The smallest absolute Gasteiger partial charge is 0.411 e. The summed E-state index contributed by atoms with van der Waals surface area (Å²) in [4.78, 5) is 13.8. The van der Waals surface area contributed by atoms with Gasteiger partial charge >= 0.3 is 6.09 Å². The monoisotopic (exact) mass is 259 g/mol. The van der Waals surface area contributed by atoms with Crippen molar-refractivity contribution in [3.05, 3.63) is 35.9 Å². The van der Waals surface area contributed by atoms with Crippen molar-refractivity contribution in [1.29, 1.82) is 0 Å². The average molecular weight is 259 g/mol. The topological polar surface area (TPSA) is 29.5 Å². The first kappa shape index (κ1) is 15.1. The lowest BCUT2D eigenvalue weighted by atomic mass is 10.0. The third kappa shape index (κ3) is 4.03. The molecular weight excluding hydrogens is 238 g/mol. The fourth-order valence-electron chi connectivity index (χ4n) is 1.94. The van der Waals surface area contributed by atoms with E-state index in [0.717, 1.165) is 5.56 Å². The van der Waals surface area contributed by atoms with E-state index in [1.807, 2.05) is 58.0 Å². The minimum absolute atomic E-state index is 0.0191. The SMILES string of the molecule is C#CC(C)(C)N(C(=O)OCc1ccccc1)C(C)C. The second-order valence-corrected chi connectivity index (χ2v) is 5.21. The van der Waals surface area contributed by atoms with Gasteiger partial charge in [-0.15, -0.1) is 6.42 Å². The van der Waals surface area contributed by atoms with Crippen LogP contribution in [0.3, 0.4) is 0 Å². The van der Waals surface area contributed by atoms with Gasteiger partial charge in [-0.25, -0.2) is 4.79 Å². The molecule has 0 aliphatic heterocycles. The van der Waals surface area contributed by atoms with Gasteiger partial charge in [0, 0.05) is 6.04 Å². The van der Waals surface area contributed by atoms with Crippen LogP contribution in [-0.4, -0.2) is 22.6 Å². The summed E-state index contributed by atoms with van der Waals surface area (Å²) < 4.78 is 5.33. The minimum Gasteiger partial charge on any atom is -0.445 e. The maximum absolute atomic E-state index is 12.2. The number of ether oxygens (including phenoxy) is 1. The summed E-state index contributed by atoms with van der Waals surface area (Å²) in [6, 6.07) is 9.56. The number of nitrogens with zero attached hydrogens (tertiary/aromatic N) is 1. The van der Waals surface area contributed by atoms with Gasteiger partial charge in [-0.1, -0.05) is 36.3 Å². The van der Waals surface area contributed by atoms with Gasteiger partial charge in [0.2, 0.25) is 0 Å². The zero-order chi connectivity index (χ0) is 14.5. The molecule has 19 heavy (non-hydrogen) atoms. The Kier molecular flexibility index (Phi) is 5.00. The minimum atomic E-state index is -0.665. The zero-order valence-electron chi connectivity index (χ0n) is 12.0. The van der Waals surface area contributed by atoms with E-state index in [2.05, 4.69) is 5.92 Å². The van der Waals surface area contributed by atoms with Gasteiger partial charge in [-0.3, -0.25) is 4.90 Å². The molecule has 0 aliphatic carbocycles. The van der Waals surface area contributed by atoms with Crippen LogP contribution in [0.2, 0.25) is 0 Å². The molecule has 0 fully saturated rings. The third-order valence-corrected chi connectivity index (χ3v) is 2.87. The van der Waals surface area contributed by atoms with Crippen molar-refractivity contribution in [3.63, 3.8) is 0 Å². The van der Waals surface area contributed by atoms with E-state index >= 15 is 0 Å². The van der Waals surface area contributed by atoms with E-state index in [0.29, 0.717) is 0 Å². The largest absolute Gasteiger partial charge is 0.445 e. The number of hydrogen-bond donors (Lipinski definition) is 0. The Morgan fingerprint density at radius 3 is 2.42 bits per heavy atom. The van der Waals surface area contributed by atoms with Gasteiger partial charge in [0.05, 0.1) is 0 Å². The number of hydrogen-bond acceptors (Lipinski definition) is 2. The first-order chi connectivity index (χ1) is 8.88. The van der Waals surface area contributed by atoms with Gasteiger partial charge in [0.15, 0.2) is 0 Å². The standard InChI is InChI=1S/C16H21NO2/c1-6-16(4,5)17(13(2)3)15(18)19-12-14-10-8-7-9-11-14/h1,7-11,13H,12H2,2-5H3. The molecule has 1 amide bonds. The molecule has 0 radical (unpaired) electrons. The highest BCUT2D eigenvalue weighted by atomic mass is 16.6. The molecule has 1 aromatic rings. The number of terminal acetylenes is 1. The molecule has 0 unspecified atom stereocenters. The molecule has 0 N–H and O–H groups in total. The average Bonchev–Trinajstić information content (AvgIpc) is 2.37. The van der Waals surface area contributed by atoms with Crippen LogP contribution in [0.15, 0.2) is 30.3 Å². The first-order valence-electron chi connectivity index (χ1n) is 6.36. The van der Waals surface area contributed by atoms with Crippen LogP contribution in [0.4, 0.5) is 4.79 Å². The molecule has 0 bridgehead atoms. The maximum Gasteiger partial charge on any atom is 0.411 e. The molecule has 0 saturated heterocycles. The van der Waals surface area contributed by atoms with Crippen LogP contribution in [0, 0.1) is 12.3 Å². The highest BCUT2D eigenvalue weighted by molar-refractivity contribution is 5.69. The number of amides is 1. The molecule has 0 saturated carbocycles. The van der Waals surface area contributed by atoms with E-state index in [9.17, 15) is 4.79 Å². The molecule has 1 aromatic carbocycles. The van der Waals surface area contributed by atoms with E-state index in [-0.39, 0.29) is 18.7 Å². The second kappa shape index (κ2) is 6.29. The highest BCUT2D eigenvalue weighted by Gasteiger charge is 2.32. The Balaban J connectivity index is 2.72. The fourth-order valence-corrected chi connectivity index (χ4v) is 1.94. The Hall–Kier alpha value is -1.95. The van der Waals surface area contributed by atoms with Crippen molar-refractivity contribution < 1.29 is 9.53 Å². The summed E-state index contributed by atoms with van der Waals surface area (Å²) in [5.41, 5.74) is 0.292. The van der Waals surface area contributed by atoms with E-state index in [1.54, 1.807) is 4.90 Å². The summed E-state index contributed by atoms with van der Waals surface area (Å²) in [6.07, 6.45) is 5.10. The predicted octanol–water partition coefficient (Wildman–Crippen LogP) is 3.45. The highest BCUT2D eigenvalue weighted by Crippen LogP contribution is 2.18. The molecule has 3 heteroatoms. The number of carbonyl (C=O) groups is 1. The zero-order valence-corrected chi connectivity index (χ0v) is 12.0. The predicted molar refractivity (Wildman–Crippen MR) is 76.5 cm³/mol. The van der Waals surface area contributed by atoms with Crippen LogP contribution < -0.4 is 0 Å². The molecule has 0 atom stereocenters. The number of rotatable bonds is 4. The molecule has 102 valence electrons. The summed E-state index contributed by atoms with van der Waals surface area (Å²) >= 11 is 0. The molecular formula is C16H21NO2. The molecule has 3 nitrogen and oxygen atoms in total. The van der Waals surface area contributed by atoms with Crippen molar-refractivity contribution >= 4 is 6.09 Å². The van der Waals surface area contributed by atoms with Gasteiger partial charge in [-0.05, 0) is 33.3 Å². The summed E-state index contributed by atoms with van der Waals surface area (Å²) in [5, 5.41) is 0. The van der Waals surface area contributed by atoms with Gasteiger partial charge in [0.1, 0.15) is 12.1 Å². The molecule has 0 aliphatic rings. The Morgan fingerprint density at radius 1 is 1.37 bits per heavy atom. The van der Waals surface area contributed by atoms with Crippen LogP contribution in [0.5, 0.6) is 0 Å². The Morgan fingerprint density at radius 2 is 1.95 bits per heavy atom. The first-order valence-corrected chi connectivity index (χ1v) is 6.36. The maximum atomic E-state index is 12.2. The molecule has 0 spiro atoms. The van der Waals surface area contributed by atoms with E-state index in [1.165, 1.54) is 0 Å². The van der Waals surface area contributed by atoms with E-state index in [4.69, 9.17) is 11.2 Å². The Bertz CT molecular complexity index is 457. The van der Waals surface area contributed by atoms with Crippen molar-refractivity contribution in [2.75, 3.05) is 0 Å². The molecule has 0 heterocycles. The fraction of sp³-hybridized carbons (Fsp3) is 0.438. The quantitative estimate of drug-likeness (QED) is 0.775. The van der Waals surface area contributed by atoms with Crippen LogP contribution in [0.25, 0.3) is 0 Å². The van der Waals surface area contributed by atoms with Crippen molar-refractivity contribution in [2.45, 2.75) is 45.9 Å². The lowest BCUT2D eigenvalue weighted by Crippen LogP contribution is -2.50. The second-order valence-electron chi connectivity index (χ2n) is 5.21.